The molecule has 1 aromatic carbocycles. The highest BCUT2D eigenvalue weighted by Gasteiger charge is 2.11. The quantitative estimate of drug-likeness (QED) is 0.769. The van der Waals surface area contributed by atoms with Crippen molar-refractivity contribution in [2.45, 2.75) is 13.8 Å². The number of H-pyrrole nitrogens is 2. The average Bonchev–Trinajstić information content (AvgIpc) is 2.68. The molecule has 2 aromatic rings. The Hall–Kier alpha value is -2.22. The first-order valence-electron chi connectivity index (χ1n) is 5.95. The Morgan fingerprint density at radius 2 is 2.06 bits per heavy atom. The van der Waals surface area contributed by atoms with Crippen molar-refractivity contribution in [3.8, 4) is 6.07 Å². The van der Waals surface area contributed by atoms with Gasteiger partial charge in [0.05, 0.1) is 23.0 Å². The fourth-order valence-corrected chi connectivity index (χ4v) is 1.80. The highest BCUT2D eigenvalue weighted by molar-refractivity contribution is 5.78. The monoisotopic (exact) mass is 244 g/mol. The summed E-state index contributed by atoms with van der Waals surface area (Å²) in [5.41, 5.74) is 2.24. The number of benzene rings is 1. The molecule has 0 saturated carbocycles. The zero-order valence-electron chi connectivity index (χ0n) is 10.4. The van der Waals surface area contributed by atoms with E-state index in [1.54, 1.807) is 0 Å². The molecule has 0 radical (unpaired) electrons. The van der Waals surface area contributed by atoms with E-state index in [0.717, 1.165) is 16.7 Å². The largest absolute Gasteiger partial charge is 0.384 e. The van der Waals surface area contributed by atoms with Crippen LogP contribution in [0.3, 0.4) is 0 Å². The summed E-state index contributed by atoms with van der Waals surface area (Å²) < 4.78 is 0. The van der Waals surface area contributed by atoms with E-state index in [-0.39, 0.29) is 11.6 Å². The van der Waals surface area contributed by atoms with Gasteiger partial charge in [-0.1, -0.05) is 13.8 Å². The summed E-state index contributed by atoms with van der Waals surface area (Å²) in [6.45, 7) is 4.67. The van der Waals surface area contributed by atoms with Gasteiger partial charge in [0.25, 0.3) is 0 Å². The number of aromatic nitrogens is 2. The smallest absolute Gasteiger partial charge is 0.323 e. The Morgan fingerprint density at radius 3 is 2.72 bits per heavy atom. The predicted molar refractivity (Wildman–Crippen MR) is 71.4 cm³/mol. The molecular formula is C13H16N4O. The number of anilines is 1. The topological polar surface area (TPSA) is 84.5 Å². The number of hydrogen-bond acceptors (Lipinski definition) is 3. The van der Waals surface area contributed by atoms with Gasteiger partial charge in [0.15, 0.2) is 0 Å². The Bertz CT molecular complexity index is 632. The zero-order chi connectivity index (χ0) is 13.1. The van der Waals surface area contributed by atoms with E-state index in [4.69, 9.17) is 5.26 Å². The first-order chi connectivity index (χ1) is 8.60. The second-order valence-electron chi connectivity index (χ2n) is 4.70. The lowest BCUT2D eigenvalue weighted by Crippen LogP contribution is -2.17. The second-order valence-corrected chi connectivity index (χ2v) is 4.70. The second kappa shape index (κ2) is 4.96. The van der Waals surface area contributed by atoms with E-state index in [0.29, 0.717) is 12.5 Å². The molecule has 2 rings (SSSR count). The minimum Gasteiger partial charge on any atom is -0.384 e. The third-order valence-corrected chi connectivity index (χ3v) is 3.01. The van der Waals surface area contributed by atoms with Crippen LogP contribution in [0.25, 0.3) is 11.0 Å². The Kier molecular flexibility index (Phi) is 3.38. The van der Waals surface area contributed by atoms with Crippen LogP contribution in [0, 0.1) is 23.2 Å². The number of fused-ring (bicyclic) bond motifs is 1. The first kappa shape index (κ1) is 12.2. The van der Waals surface area contributed by atoms with Crippen LogP contribution < -0.4 is 11.0 Å². The summed E-state index contributed by atoms with van der Waals surface area (Å²) in [4.78, 5) is 16.5. The SMILES string of the molecule is CC(C)C(C#N)CNc1ccc2[nH]c(=O)[nH]c2c1. The fourth-order valence-electron chi connectivity index (χ4n) is 1.80. The number of rotatable bonds is 4. The van der Waals surface area contributed by atoms with E-state index in [1.165, 1.54) is 0 Å². The lowest BCUT2D eigenvalue weighted by atomic mass is 9.97. The molecule has 0 fully saturated rings. The van der Waals surface area contributed by atoms with E-state index in [2.05, 4.69) is 21.4 Å². The van der Waals surface area contributed by atoms with Crippen LogP contribution in [0.2, 0.25) is 0 Å². The molecule has 0 aliphatic heterocycles. The van der Waals surface area contributed by atoms with Gasteiger partial charge < -0.3 is 15.3 Å². The fraction of sp³-hybridized carbons (Fsp3) is 0.385. The Labute approximate surface area is 105 Å². The highest BCUT2D eigenvalue weighted by atomic mass is 16.1. The summed E-state index contributed by atoms with van der Waals surface area (Å²) >= 11 is 0. The number of nitrogens with zero attached hydrogens (tertiary/aromatic N) is 1. The van der Waals surface area contributed by atoms with Crippen molar-refractivity contribution >= 4 is 16.7 Å². The number of imidazole rings is 1. The molecule has 5 nitrogen and oxygen atoms in total. The summed E-state index contributed by atoms with van der Waals surface area (Å²) in [7, 11) is 0. The van der Waals surface area contributed by atoms with Gasteiger partial charge in [-0.2, -0.15) is 5.26 Å². The molecule has 1 atom stereocenters. The van der Waals surface area contributed by atoms with E-state index < -0.39 is 0 Å². The van der Waals surface area contributed by atoms with Gasteiger partial charge in [-0.05, 0) is 24.1 Å². The first-order valence-corrected chi connectivity index (χ1v) is 5.95. The van der Waals surface area contributed by atoms with Gasteiger partial charge in [0.1, 0.15) is 0 Å². The molecule has 1 aromatic heterocycles. The molecule has 3 N–H and O–H groups in total. The van der Waals surface area contributed by atoms with Gasteiger partial charge in [-0.15, -0.1) is 0 Å². The highest BCUT2D eigenvalue weighted by Crippen LogP contribution is 2.16. The molecular weight excluding hydrogens is 228 g/mol. The van der Waals surface area contributed by atoms with E-state index >= 15 is 0 Å². The zero-order valence-corrected chi connectivity index (χ0v) is 10.4. The van der Waals surface area contributed by atoms with Crippen LogP contribution in [0.1, 0.15) is 13.8 Å². The van der Waals surface area contributed by atoms with Crippen LogP contribution >= 0.6 is 0 Å². The van der Waals surface area contributed by atoms with Crippen LogP contribution in [0.5, 0.6) is 0 Å². The van der Waals surface area contributed by atoms with Crippen molar-refractivity contribution in [3.05, 3.63) is 28.7 Å². The van der Waals surface area contributed by atoms with Crippen molar-refractivity contribution in [2.75, 3.05) is 11.9 Å². The van der Waals surface area contributed by atoms with Crippen LogP contribution in [-0.2, 0) is 0 Å². The minimum absolute atomic E-state index is 0.0222. The summed E-state index contributed by atoms with van der Waals surface area (Å²) in [5.74, 6) is 0.296. The van der Waals surface area contributed by atoms with Gasteiger partial charge >= 0.3 is 5.69 Å². The lowest BCUT2D eigenvalue weighted by molar-refractivity contribution is 0.496. The molecule has 5 heteroatoms. The maximum atomic E-state index is 11.1. The standard InChI is InChI=1S/C13H16N4O/c1-8(2)9(6-14)7-15-10-3-4-11-12(5-10)17-13(18)16-11/h3-5,8-9,15H,7H2,1-2H3,(H2,16,17,18). The third-order valence-electron chi connectivity index (χ3n) is 3.01. The van der Waals surface area contributed by atoms with Crippen molar-refractivity contribution in [2.24, 2.45) is 11.8 Å². The molecule has 1 unspecified atom stereocenters. The van der Waals surface area contributed by atoms with Crippen molar-refractivity contribution in [1.29, 1.82) is 5.26 Å². The van der Waals surface area contributed by atoms with E-state index in [1.807, 2.05) is 32.0 Å². The molecule has 0 aliphatic carbocycles. The number of nitriles is 1. The summed E-state index contributed by atoms with van der Waals surface area (Å²) in [5, 5.41) is 12.2. The van der Waals surface area contributed by atoms with Gasteiger partial charge in [0.2, 0.25) is 0 Å². The van der Waals surface area contributed by atoms with Crippen molar-refractivity contribution in [1.82, 2.24) is 9.97 Å². The molecule has 0 amide bonds. The van der Waals surface area contributed by atoms with Gasteiger partial charge in [-0.25, -0.2) is 4.79 Å². The van der Waals surface area contributed by atoms with Crippen LogP contribution in [0.15, 0.2) is 23.0 Å². The number of aromatic amines is 2. The molecule has 0 bridgehead atoms. The molecule has 0 saturated heterocycles. The van der Waals surface area contributed by atoms with Crippen molar-refractivity contribution < 1.29 is 0 Å². The summed E-state index contributed by atoms with van der Waals surface area (Å²) in [6.07, 6.45) is 0. The van der Waals surface area contributed by atoms with Crippen molar-refractivity contribution in [3.63, 3.8) is 0 Å². The van der Waals surface area contributed by atoms with Gasteiger partial charge in [-0.3, -0.25) is 0 Å². The normalized spacial score (nSPS) is 12.6. The molecule has 94 valence electrons. The maximum Gasteiger partial charge on any atom is 0.323 e. The molecule has 0 spiro atoms. The van der Waals surface area contributed by atoms with Gasteiger partial charge in [0, 0.05) is 12.2 Å². The van der Waals surface area contributed by atoms with E-state index in [9.17, 15) is 4.79 Å². The Morgan fingerprint density at radius 1 is 1.33 bits per heavy atom. The lowest BCUT2D eigenvalue weighted by Gasteiger charge is -2.14. The van der Waals surface area contributed by atoms with Crippen LogP contribution in [-0.4, -0.2) is 16.5 Å². The minimum atomic E-state index is -0.209. The predicted octanol–water partition coefficient (Wildman–Crippen LogP) is 2.06. The number of nitrogens with one attached hydrogen (secondary N) is 3. The van der Waals surface area contributed by atoms with Crippen LogP contribution in [0.4, 0.5) is 5.69 Å². The number of hydrogen-bond donors (Lipinski definition) is 3. The molecule has 18 heavy (non-hydrogen) atoms. The third kappa shape index (κ3) is 2.54. The molecule has 0 aliphatic rings. The average molecular weight is 244 g/mol. The summed E-state index contributed by atoms with van der Waals surface area (Å²) in [6, 6.07) is 7.88. The maximum absolute atomic E-state index is 11.1. The molecule has 1 heterocycles. The Balaban J connectivity index is 2.12.